The van der Waals surface area contributed by atoms with Crippen molar-refractivity contribution in [3.63, 3.8) is 0 Å². The molecule has 2 rings (SSSR count). The van der Waals surface area contributed by atoms with Gasteiger partial charge < -0.3 is 4.74 Å². The van der Waals surface area contributed by atoms with Crippen LogP contribution in [-0.2, 0) is 11.2 Å². The monoisotopic (exact) mass is 282 g/mol. The zero-order chi connectivity index (χ0) is 11.5. The molecule has 0 spiro atoms. The lowest BCUT2D eigenvalue weighted by Crippen LogP contribution is -2.25. The van der Waals surface area contributed by atoms with Crippen LogP contribution in [-0.4, -0.2) is 11.9 Å². The van der Waals surface area contributed by atoms with Crippen LogP contribution in [0.5, 0.6) is 5.75 Å². The topological polar surface area (TPSA) is 26.3 Å². The zero-order valence-electron chi connectivity index (χ0n) is 9.33. The Morgan fingerprint density at radius 1 is 1.50 bits per heavy atom. The number of rotatable bonds is 4. The molecular formula is C13H15BrO2. The number of hydrogen-bond donors (Lipinski definition) is 0. The number of ether oxygens (including phenoxy) is 1. The second-order valence-electron chi connectivity index (χ2n) is 4.30. The lowest BCUT2D eigenvalue weighted by molar-refractivity contribution is -0.116. The van der Waals surface area contributed by atoms with E-state index < -0.39 is 0 Å². The first-order valence-electron chi connectivity index (χ1n) is 5.59. The lowest BCUT2D eigenvalue weighted by atomic mass is 9.96. The average molecular weight is 283 g/mol. The number of benzene rings is 1. The maximum atomic E-state index is 11.2. The van der Waals surface area contributed by atoms with E-state index in [1.807, 2.05) is 18.2 Å². The summed E-state index contributed by atoms with van der Waals surface area (Å²) in [5.74, 6) is 1.03. The lowest BCUT2D eigenvalue weighted by Gasteiger charge is -2.27. The first-order chi connectivity index (χ1) is 7.65. The third kappa shape index (κ3) is 2.85. The number of carbonyl (C=O) groups excluding carboxylic acids is 1. The van der Waals surface area contributed by atoms with Crippen LogP contribution in [0.1, 0.15) is 31.7 Å². The van der Waals surface area contributed by atoms with Gasteiger partial charge >= 0.3 is 0 Å². The van der Waals surface area contributed by atoms with Crippen molar-refractivity contribution in [2.45, 2.75) is 38.7 Å². The standard InChI is InChI=1S/C13H15BrO2/c1-9(15)7-10-8-11(14)5-6-13(10)16-12-3-2-4-12/h5-6,8,12H,2-4,7H2,1H3. The SMILES string of the molecule is CC(=O)Cc1cc(Br)ccc1OC1CCC1. The van der Waals surface area contributed by atoms with Gasteiger partial charge in [-0.25, -0.2) is 0 Å². The molecule has 1 saturated carbocycles. The van der Waals surface area contributed by atoms with Gasteiger partial charge in [-0.3, -0.25) is 4.79 Å². The molecule has 0 atom stereocenters. The summed E-state index contributed by atoms with van der Waals surface area (Å²) in [4.78, 5) is 11.2. The summed E-state index contributed by atoms with van der Waals surface area (Å²) in [5.41, 5.74) is 0.980. The average Bonchev–Trinajstić information content (AvgIpc) is 2.12. The molecule has 1 fully saturated rings. The van der Waals surface area contributed by atoms with E-state index in [1.165, 1.54) is 6.42 Å². The molecule has 1 aromatic rings. The Bertz CT molecular complexity index is 397. The predicted molar refractivity (Wildman–Crippen MR) is 66.8 cm³/mol. The first-order valence-corrected chi connectivity index (χ1v) is 6.39. The Balaban J connectivity index is 2.16. The molecule has 0 unspecified atom stereocenters. The van der Waals surface area contributed by atoms with Gasteiger partial charge in [-0.15, -0.1) is 0 Å². The van der Waals surface area contributed by atoms with E-state index >= 15 is 0 Å². The van der Waals surface area contributed by atoms with Crippen molar-refractivity contribution in [3.05, 3.63) is 28.2 Å². The van der Waals surface area contributed by atoms with E-state index in [2.05, 4.69) is 15.9 Å². The van der Waals surface area contributed by atoms with E-state index in [0.717, 1.165) is 28.6 Å². The summed E-state index contributed by atoms with van der Waals surface area (Å²) in [5, 5.41) is 0. The van der Waals surface area contributed by atoms with Crippen molar-refractivity contribution >= 4 is 21.7 Å². The normalized spacial score (nSPS) is 15.6. The van der Waals surface area contributed by atoms with E-state index in [4.69, 9.17) is 4.74 Å². The van der Waals surface area contributed by atoms with Crippen LogP contribution < -0.4 is 4.74 Å². The summed E-state index contributed by atoms with van der Waals surface area (Å²) in [6.45, 7) is 1.61. The highest BCUT2D eigenvalue weighted by Gasteiger charge is 2.20. The summed E-state index contributed by atoms with van der Waals surface area (Å²) in [6, 6.07) is 5.87. The smallest absolute Gasteiger partial charge is 0.134 e. The van der Waals surface area contributed by atoms with Crippen molar-refractivity contribution in [2.24, 2.45) is 0 Å². The fraction of sp³-hybridized carbons (Fsp3) is 0.462. The van der Waals surface area contributed by atoms with Crippen LogP contribution in [0.3, 0.4) is 0 Å². The number of halogens is 1. The van der Waals surface area contributed by atoms with Gasteiger partial charge in [-0.05, 0) is 44.4 Å². The summed E-state index contributed by atoms with van der Waals surface area (Å²) >= 11 is 3.42. The van der Waals surface area contributed by atoms with Crippen LogP contribution in [0.2, 0.25) is 0 Å². The van der Waals surface area contributed by atoms with E-state index in [0.29, 0.717) is 12.5 Å². The quantitative estimate of drug-likeness (QED) is 0.845. The third-order valence-corrected chi connectivity index (χ3v) is 3.30. The Labute approximate surface area is 104 Å². The highest BCUT2D eigenvalue weighted by Crippen LogP contribution is 2.29. The van der Waals surface area contributed by atoms with Crippen LogP contribution in [0.25, 0.3) is 0 Å². The largest absolute Gasteiger partial charge is 0.490 e. The van der Waals surface area contributed by atoms with Gasteiger partial charge in [0, 0.05) is 16.5 Å². The molecule has 0 saturated heterocycles. The minimum atomic E-state index is 0.163. The highest BCUT2D eigenvalue weighted by atomic mass is 79.9. The maximum Gasteiger partial charge on any atom is 0.134 e. The van der Waals surface area contributed by atoms with E-state index in [9.17, 15) is 4.79 Å². The van der Waals surface area contributed by atoms with Crippen molar-refractivity contribution in [3.8, 4) is 5.75 Å². The van der Waals surface area contributed by atoms with E-state index in [1.54, 1.807) is 6.92 Å². The van der Waals surface area contributed by atoms with Crippen molar-refractivity contribution in [1.82, 2.24) is 0 Å². The van der Waals surface area contributed by atoms with Gasteiger partial charge in [0.2, 0.25) is 0 Å². The molecule has 0 aliphatic heterocycles. The molecule has 1 aliphatic rings. The Hall–Kier alpha value is -0.830. The number of Topliss-reactive ketones (excluding diaryl/α,β-unsaturated/α-hetero) is 1. The predicted octanol–water partition coefficient (Wildman–Crippen LogP) is 3.51. The Morgan fingerprint density at radius 3 is 2.81 bits per heavy atom. The Morgan fingerprint density at radius 2 is 2.25 bits per heavy atom. The second kappa shape index (κ2) is 5.00. The van der Waals surface area contributed by atoms with Gasteiger partial charge in [-0.1, -0.05) is 15.9 Å². The van der Waals surface area contributed by atoms with Crippen LogP contribution >= 0.6 is 15.9 Å². The van der Waals surface area contributed by atoms with Crippen molar-refractivity contribution in [2.75, 3.05) is 0 Å². The first kappa shape index (κ1) is 11.6. The molecule has 0 N–H and O–H groups in total. The molecule has 86 valence electrons. The van der Waals surface area contributed by atoms with Crippen LogP contribution in [0, 0.1) is 0 Å². The number of hydrogen-bond acceptors (Lipinski definition) is 2. The third-order valence-electron chi connectivity index (χ3n) is 2.81. The maximum absolute atomic E-state index is 11.2. The number of ketones is 1. The van der Waals surface area contributed by atoms with Gasteiger partial charge in [0.1, 0.15) is 11.5 Å². The summed E-state index contributed by atoms with van der Waals surface area (Å²) in [7, 11) is 0. The van der Waals surface area contributed by atoms with Crippen molar-refractivity contribution < 1.29 is 9.53 Å². The van der Waals surface area contributed by atoms with Gasteiger partial charge in [-0.2, -0.15) is 0 Å². The number of carbonyl (C=O) groups is 1. The van der Waals surface area contributed by atoms with E-state index in [-0.39, 0.29) is 5.78 Å². The molecule has 0 bridgehead atoms. The molecule has 16 heavy (non-hydrogen) atoms. The Kier molecular flexibility index (Phi) is 3.64. The highest BCUT2D eigenvalue weighted by molar-refractivity contribution is 9.10. The molecule has 0 heterocycles. The van der Waals surface area contributed by atoms with Gasteiger partial charge in [0.25, 0.3) is 0 Å². The summed E-state index contributed by atoms with van der Waals surface area (Å²) in [6.07, 6.45) is 4.32. The molecule has 1 aromatic carbocycles. The molecular weight excluding hydrogens is 268 g/mol. The molecule has 3 heteroatoms. The minimum Gasteiger partial charge on any atom is -0.490 e. The second-order valence-corrected chi connectivity index (χ2v) is 5.22. The molecule has 0 radical (unpaired) electrons. The van der Waals surface area contributed by atoms with Gasteiger partial charge in [0.05, 0.1) is 6.10 Å². The molecule has 0 amide bonds. The van der Waals surface area contributed by atoms with Crippen molar-refractivity contribution in [1.29, 1.82) is 0 Å². The molecule has 2 nitrogen and oxygen atoms in total. The van der Waals surface area contributed by atoms with Crippen LogP contribution in [0.15, 0.2) is 22.7 Å². The molecule has 1 aliphatic carbocycles. The molecule has 0 aromatic heterocycles. The fourth-order valence-corrected chi connectivity index (χ4v) is 2.15. The fourth-order valence-electron chi connectivity index (χ4n) is 1.74. The zero-order valence-corrected chi connectivity index (χ0v) is 10.9. The minimum absolute atomic E-state index is 0.163. The summed E-state index contributed by atoms with van der Waals surface area (Å²) < 4.78 is 6.85. The van der Waals surface area contributed by atoms with Gasteiger partial charge in [0.15, 0.2) is 0 Å². The van der Waals surface area contributed by atoms with Crippen LogP contribution in [0.4, 0.5) is 0 Å².